The molecule has 1 aromatic rings. The number of phenols is 1. The van der Waals surface area contributed by atoms with Crippen LogP contribution in [0, 0.1) is 0 Å². The number of halogens is 1. The van der Waals surface area contributed by atoms with Gasteiger partial charge in [0.05, 0.1) is 7.11 Å². The molecule has 0 aliphatic rings. The van der Waals surface area contributed by atoms with Gasteiger partial charge in [-0.2, -0.15) is 0 Å². The lowest BCUT2D eigenvalue weighted by Crippen LogP contribution is -2.38. The van der Waals surface area contributed by atoms with E-state index in [9.17, 15) is 9.90 Å². The van der Waals surface area contributed by atoms with Crippen LogP contribution in [0.25, 0.3) is 0 Å². The highest BCUT2D eigenvalue weighted by Gasteiger charge is 2.19. The quantitative estimate of drug-likeness (QED) is 0.850. The van der Waals surface area contributed by atoms with E-state index in [2.05, 4.69) is 15.9 Å². The Morgan fingerprint density at radius 3 is 2.61 bits per heavy atom. The monoisotopic (exact) mass is 315 g/mol. The summed E-state index contributed by atoms with van der Waals surface area (Å²) in [5, 5.41) is 10.4. The number of benzene rings is 1. The fourth-order valence-corrected chi connectivity index (χ4v) is 2.06. The molecule has 0 radical (unpaired) electrons. The summed E-state index contributed by atoms with van der Waals surface area (Å²) in [7, 11) is 1.47. The van der Waals surface area contributed by atoms with E-state index in [0.717, 1.165) is 5.33 Å². The maximum atomic E-state index is 12.3. The summed E-state index contributed by atoms with van der Waals surface area (Å²) >= 11 is 3.33. The first kappa shape index (κ1) is 14.8. The summed E-state index contributed by atoms with van der Waals surface area (Å²) in [5.74, 6) is 0.247. The molecule has 100 valence electrons. The third-order valence-electron chi connectivity index (χ3n) is 2.64. The fourth-order valence-electron chi connectivity index (χ4n) is 1.67. The first-order valence-corrected chi connectivity index (χ1v) is 6.87. The van der Waals surface area contributed by atoms with Crippen LogP contribution in [0.3, 0.4) is 0 Å². The summed E-state index contributed by atoms with van der Waals surface area (Å²) in [6.45, 7) is 4.55. The van der Waals surface area contributed by atoms with Crippen molar-refractivity contribution < 1.29 is 14.6 Å². The van der Waals surface area contributed by atoms with Crippen molar-refractivity contribution in [3.63, 3.8) is 0 Å². The van der Waals surface area contributed by atoms with E-state index in [4.69, 9.17) is 4.74 Å². The van der Waals surface area contributed by atoms with E-state index >= 15 is 0 Å². The zero-order valence-electron chi connectivity index (χ0n) is 10.8. The Kier molecular flexibility index (Phi) is 5.47. The fraction of sp³-hybridized carbons (Fsp3) is 0.462. The molecule has 4 nitrogen and oxygen atoms in total. The number of carbonyl (C=O) groups excluding carboxylic acids is 1. The number of rotatable bonds is 5. The van der Waals surface area contributed by atoms with Crippen LogP contribution in [0.4, 0.5) is 0 Å². The molecule has 0 saturated heterocycles. The third-order valence-corrected chi connectivity index (χ3v) is 2.99. The van der Waals surface area contributed by atoms with Crippen LogP contribution < -0.4 is 4.74 Å². The summed E-state index contributed by atoms with van der Waals surface area (Å²) in [6, 6.07) is 4.80. The molecule has 1 aromatic carbocycles. The minimum atomic E-state index is -0.0950. The molecule has 0 fully saturated rings. The Balaban J connectivity index is 2.98. The summed E-state index contributed by atoms with van der Waals surface area (Å²) in [4.78, 5) is 14.0. The van der Waals surface area contributed by atoms with Crippen LogP contribution in [-0.2, 0) is 0 Å². The van der Waals surface area contributed by atoms with Gasteiger partial charge < -0.3 is 14.7 Å². The molecule has 1 N–H and O–H groups in total. The minimum absolute atomic E-state index is 0.0223. The molecule has 0 heterocycles. The average Bonchev–Trinajstić information content (AvgIpc) is 2.34. The second-order valence-electron chi connectivity index (χ2n) is 4.17. The predicted molar refractivity (Wildman–Crippen MR) is 74.6 cm³/mol. The molecule has 0 atom stereocenters. The summed E-state index contributed by atoms with van der Waals surface area (Å²) in [6.07, 6.45) is 0. The van der Waals surface area contributed by atoms with Gasteiger partial charge in [0.15, 0.2) is 11.5 Å². The van der Waals surface area contributed by atoms with Gasteiger partial charge in [-0.3, -0.25) is 4.79 Å². The molecule has 5 heteroatoms. The molecule has 0 unspecified atom stereocenters. The number of carbonyl (C=O) groups is 1. The van der Waals surface area contributed by atoms with Crippen LogP contribution >= 0.6 is 15.9 Å². The lowest BCUT2D eigenvalue weighted by molar-refractivity contribution is 0.0719. The van der Waals surface area contributed by atoms with E-state index < -0.39 is 0 Å². The minimum Gasteiger partial charge on any atom is -0.504 e. The lowest BCUT2D eigenvalue weighted by atomic mass is 10.1. The number of amides is 1. The zero-order chi connectivity index (χ0) is 13.7. The van der Waals surface area contributed by atoms with Gasteiger partial charge in [0.25, 0.3) is 5.91 Å². The highest BCUT2D eigenvalue weighted by atomic mass is 79.9. The largest absolute Gasteiger partial charge is 0.504 e. The molecular formula is C13H18BrNO3. The predicted octanol–water partition coefficient (Wildman–Crippen LogP) is 2.65. The van der Waals surface area contributed by atoms with E-state index in [-0.39, 0.29) is 17.7 Å². The van der Waals surface area contributed by atoms with Gasteiger partial charge in [0, 0.05) is 23.5 Å². The highest BCUT2D eigenvalue weighted by molar-refractivity contribution is 9.09. The molecule has 18 heavy (non-hydrogen) atoms. The molecular weight excluding hydrogens is 298 g/mol. The van der Waals surface area contributed by atoms with Gasteiger partial charge >= 0.3 is 0 Å². The third kappa shape index (κ3) is 3.38. The van der Waals surface area contributed by atoms with Crippen molar-refractivity contribution in [2.24, 2.45) is 0 Å². The van der Waals surface area contributed by atoms with Crippen molar-refractivity contribution >= 4 is 21.8 Å². The second-order valence-corrected chi connectivity index (χ2v) is 4.96. The number of alkyl halides is 1. The average molecular weight is 316 g/mol. The van der Waals surface area contributed by atoms with Gasteiger partial charge in [0.2, 0.25) is 0 Å². The molecule has 1 amide bonds. The molecule has 1 rings (SSSR count). The van der Waals surface area contributed by atoms with Crippen molar-refractivity contribution in [1.29, 1.82) is 0 Å². The Hall–Kier alpha value is -1.23. The number of phenolic OH excluding ortho intramolecular Hbond substituents is 1. The molecule has 0 bridgehead atoms. The maximum absolute atomic E-state index is 12.3. The number of ether oxygens (including phenoxy) is 1. The smallest absolute Gasteiger partial charge is 0.254 e. The molecule has 0 aromatic heterocycles. The Bertz CT molecular complexity index is 421. The van der Waals surface area contributed by atoms with Crippen molar-refractivity contribution in [2.75, 3.05) is 19.0 Å². The maximum Gasteiger partial charge on any atom is 0.254 e. The Morgan fingerprint density at radius 2 is 2.17 bits per heavy atom. The number of hydrogen-bond donors (Lipinski definition) is 1. The summed E-state index contributed by atoms with van der Waals surface area (Å²) < 4.78 is 4.95. The van der Waals surface area contributed by atoms with E-state index in [1.165, 1.54) is 13.2 Å². The first-order chi connectivity index (χ1) is 8.51. The van der Waals surface area contributed by atoms with Crippen molar-refractivity contribution in [3.05, 3.63) is 23.8 Å². The van der Waals surface area contributed by atoms with Crippen molar-refractivity contribution in [3.8, 4) is 11.5 Å². The molecule has 0 spiro atoms. The first-order valence-electron chi connectivity index (χ1n) is 5.75. The standard InChI is InChI=1S/C13H18BrNO3/c1-9(2)15(7-6-14)13(17)10-4-5-12(18-3)11(16)8-10/h4-5,8-9,16H,6-7H2,1-3H3. The second kappa shape index (κ2) is 6.64. The SMILES string of the molecule is COc1ccc(C(=O)N(CCBr)C(C)C)cc1O. The van der Waals surface area contributed by atoms with Gasteiger partial charge in [-0.15, -0.1) is 0 Å². The topological polar surface area (TPSA) is 49.8 Å². The van der Waals surface area contributed by atoms with Gasteiger partial charge in [-0.05, 0) is 32.0 Å². The van der Waals surface area contributed by atoms with Gasteiger partial charge in [-0.1, -0.05) is 15.9 Å². The Morgan fingerprint density at radius 1 is 1.50 bits per heavy atom. The molecule has 0 saturated carbocycles. The Labute approximate surface area is 116 Å². The van der Waals surface area contributed by atoms with Crippen LogP contribution in [0.1, 0.15) is 24.2 Å². The van der Waals surface area contributed by atoms with E-state index in [1.54, 1.807) is 17.0 Å². The van der Waals surface area contributed by atoms with Gasteiger partial charge in [-0.25, -0.2) is 0 Å². The van der Waals surface area contributed by atoms with Gasteiger partial charge in [0.1, 0.15) is 0 Å². The van der Waals surface area contributed by atoms with Crippen LogP contribution in [0.5, 0.6) is 11.5 Å². The number of methoxy groups -OCH3 is 1. The summed E-state index contributed by atoms with van der Waals surface area (Å²) in [5.41, 5.74) is 0.461. The normalized spacial score (nSPS) is 10.5. The highest BCUT2D eigenvalue weighted by Crippen LogP contribution is 2.27. The number of hydrogen-bond acceptors (Lipinski definition) is 3. The zero-order valence-corrected chi connectivity index (χ0v) is 12.4. The van der Waals surface area contributed by atoms with Crippen molar-refractivity contribution in [2.45, 2.75) is 19.9 Å². The van der Waals surface area contributed by atoms with Crippen LogP contribution in [0.2, 0.25) is 0 Å². The van der Waals surface area contributed by atoms with Crippen LogP contribution in [0.15, 0.2) is 18.2 Å². The van der Waals surface area contributed by atoms with Crippen LogP contribution in [-0.4, -0.2) is 40.9 Å². The number of aromatic hydroxyl groups is 1. The van der Waals surface area contributed by atoms with E-state index in [0.29, 0.717) is 17.9 Å². The van der Waals surface area contributed by atoms with Crippen molar-refractivity contribution in [1.82, 2.24) is 4.90 Å². The molecule has 0 aliphatic carbocycles. The lowest BCUT2D eigenvalue weighted by Gasteiger charge is -2.26. The molecule has 0 aliphatic heterocycles. The number of nitrogens with zero attached hydrogens (tertiary/aromatic N) is 1. The van der Waals surface area contributed by atoms with E-state index in [1.807, 2.05) is 13.8 Å².